The first-order chi connectivity index (χ1) is 25.9. The highest BCUT2D eigenvalue weighted by Crippen LogP contribution is 2.15. The second kappa shape index (κ2) is 21.8. The van der Waals surface area contributed by atoms with Crippen molar-refractivity contribution in [2.45, 2.75) is 44.9 Å². The highest BCUT2D eigenvalue weighted by Gasteiger charge is 2.09. The molecule has 0 saturated carbocycles. The lowest BCUT2D eigenvalue weighted by Crippen LogP contribution is -2.20. The van der Waals surface area contributed by atoms with E-state index in [4.69, 9.17) is 19.9 Å². The summed E-state index contributed by atoms with van der Waals surface area (Å²) < 4.78 is 11.7. The molecular formula is C39H42N6O8. The van der Waals surface area contributed by atoms with Crippen LogP contribution >= 0.6 is 0 Å². The number of hydrogen-bond acceptors (Lipinski definition) is 10. The van der Waals surface area contributed by atoms with Crippen LogP contribution in [-0.2, 0) is 0 Å². The van der Waals surface area contributed by atoms with E-state index in [-0.39, 0.29) is 11.1 Å². The lowest BCUT2D eigenvalue weighted by molar-refractivity contribution is 0.0702. The quantitative estimate of drug-likeness (QED) is 0.0291. The van der Waals surface area contributed by atoms with E-state index in [1.807, 2.05) is 48.5 Å². The Morgan fingerprint density at radius 1 is 0.453 bits per heavy atom. The van der Waals surface area contributed by atoms with Gasteiger partial charge in [-0.3, -0.25) is 29.6 Å². The Hall–Kier alpha value is -6.38. The molecule has 53 heavy (non-hydrogen) atoms. The Morgan fingerprint density at radius 2 is 0.755 bits per heavy atom. The van der Waals surface area contributed by atoms with Crippen LogP contribution < -0.4 is 31.3 Å². The van der Waals surface area contributed by atoms with Crippen LogP contribution in [0, 0.1) is 0 Å². The molecule has 4 rings (SSSR count). The number of carbonyl (C=O) groups excluding carboxylic acids is 4. The summed E-state index contributed by atoms with van der Waals surface area (Å²) in [4.78, 5) is 47.2. The second-order valence-electron chi connectivity index (χ2n) is 11.7. The molecule has 0 aliphatic rings. The first-order valence-corrected chi connectivity index (χ1v) is 17.1. The average molecular weight is 723 g/mol. The molecule has 4 aromatic rings. The van der Waals surface area contributed by atoms with Gasteiger partial charge in [-0.2, -0.15) is 10.2 Å². The van der Waals surface area contributed by atoms with Crippen LogP contribution in [0.25, 0.3) is 0 Å². The van der Waals surface area contributed by atoms with E-state index in [2.05, 4.69) is 21.1 Å². The van der Waals surface area contributed by atoms with Crippen LogP contribution in [0.1, 0.15) is 97.5 Å². The van der Waals surface area contributed by atoms with Crippen molar-refractivity contribution < 1.29 is 39.1 Å². The maximum absolute atomic E-state index is 12.2. The molecule has 0 atom stereocenters. The smallest absolute Gasteiger partial charge is 0.274 e. The molecule has 0 radical (unpaired) electrons. The maximum Gasteiger partial charge on any atom is 0.274 e. The van der Waals surface area contributed by atoms with Gasteiger partial charge in [0.15, 0.2) is 0 Å². The molecule has 0 bridgehead atoms. The summed E-state index contributed by atoms with van der Waals surface area (Å²) in [5.74, 6) is -0.644. The van der Waals surface area contributed by atoms with Gasteiger partial charge >= 0.3 is 0 Å². The Morgan fingerprint density at radius 3 is 1.08 bits per heavy atom. The van der Waals surface area contributed by atoms with Gasteiger partial charge in [0.2, 0.25) is 0 Å². The monoisotopic (exact) mass is 722 g/mol. The molecule has 4 aromatic carbocycles. The second-order valence-corrected chi connectivity index (χ2v) is 11.7. The zero-order valence-electron chi connectivity index (χ0n) is 29.0. The highest BCUT2D eigenvalue weighted by molar-refractivity contribution is 5.98. The molecule has 14 heteroatoms. The van der Waals surface area contributed by atoms with Crippen molar-refractivity contribution in [3.8, 4) is 11.5 Å². The van der Waals surface area contributed by atoms with Gasteiger partial charge in [0.1, 0.15) is 11.5 Å². The molecule has 0 aliphatic heterocycles. The summed E-state index contributed by atoms with van der Waals surface area (Å²) in [6, 6.07) is 26.4. The van der Waals surface area contributed by atoms with E-state index in [1.165, 1.54) is 71.9 Å². The van der Waals surface area contributed by atoms with Crippen molar-refractivity contribution in [3.63, 3.8) is 0 Å². The van der Waals surface area contributed by atoms with Gasteiger partial charge in [-0.25, -0.2) is 21.8 Å². The summed E-state index contributed by atoms with van der Waals surface area (Å²) in [5.41, 5.74) is 10.6. The first-order valence-electron chi connectivity index (χ1n) is 17.1. The molecule has 4 amide bonds. The average Bonchev–Trinajstić information content (AvgIpc) is 3.20. The molecule has 0 fully saturated rings. The number of carbonyl (C=O) groups is 4. The molecule has 0 aliphatic carbocycles. The van der Waals surface area contributed by atoms with Crippen LogP contribution in [0.4, 0.5) is 0 Å². The number of hydrazone groups is 2. The minimum absolute atomic E-state index is 0.226. The lowest BCUT2D eigenvalue weighted by Gasteiger charge is -2.07. The van der Waals surface area contributed by atoms with E-state index in [0.29, 0.717) is 24.3 Å². The largest absolute Gasteiger partial charge is 0.494 e. The van der Waals surface area contributed by atoms with Gasteiger partial charge in [-0.1, -0.05) is 32.1 Å². The number of benzene rings is 4. The van der Waals surface area contributed by atoms with Crippen molar-refractivity contribution in [3.05, 3.63) is 130 Å². The Balaban J connectivity index is 0.989. The van der Waals surface area contributed by atoms with Crippen molar-refractivity contribution in [1.82, 2.24) is 21.8 Å². The fraction of sp³-hybridized carbons (Fsp3) is 0.231. The van der Waals surface area contributed by atoms with Gasteiger partial charge in [-0.15, -0.1) is 0 Å². The fourth-order valence-corrected chi connectivity index (χ4v) is 4.90. The van der Waals surface area contributed by atoms with Gasteiger partial charge in [0.25, 0.3) is 23.6 Å². The number of rotatable bonds is 20. The number of nitrogens with zero attached hydrogens (tertiary/aromatic N) is 2. The number of nitrogens with one attached hydrogen (secondary N) is 4. The number of hydroxylamine groups is 2. The number of unbranched alkanes of at least 4 members (excludes halogenated alkanes) is 6. The van der Waals surface area contributed by atoms with Crippen LogP contribution in [0.2, 0.25) is 0 Å². The molecular weight excluding hydrogens is 680 g/mol. The number of hydrogen-bond donors (Lipinski definition) is 6. The minimum Gasteiger partial charge on any atom is -0.494 e. The van der Waals surface area contributed by atoms with E-state index in [9.17, 15) is 19.2 Å². The van der Waals surface area contributed by atoms with Crippen LogP contribution in [0.15, 0.2) is 107 Å². The fourth-order valence-electron chi connectivity index (χ4n) is 4.90. The molecule has 276 valence electrons. The molecule has 0 unspecified atom stereocenters. The third-order valence-corrected chi connectivity index (χ3v) is 7.87. The van der Waals surface area contributed by atoms with Crippen LogP contribution in [-0.4, -0.2) is 59.7 Å². The SMILES string of the molecule is O=C(NO)c1ccc(C(=O)NN=Cc2ccc(OCCCCCCCCCOc3ccc(C=NNC(=O)c4ccc(C(=O)NO)cc4)cc3)cc2)cc1. The van der Waals surface area contributed by atoms with Crippen molar-refractivity contribution in [2.75, 3.05) is 13.2 Å². The predicted octanol–water partition coefficient (Wildman–Crippen LogP) is 5.64. The summed E-state index contributed by atoms with van der Waals surface area (Å²) in [5, 5.41) is 25.3. The van der Waals surface area contributed by atoms with Crippen molar-refractivity contribution >= 4 is 36.1 Å². The predicted molar refractivity (Wildman–Crippen MR) is 198 cm³/mol. The van der Waals surface area contributed by atoms with Crippen LogP contribution in [0.5, 0.6) is 11.5 Å². The lowest BCUT2D eigenvalue weighted by atomic mass is 10.1. The minimum atomic E-state index is -0.659. The summed E-state index contributed by atoms with van der Waals surface area (Å²) in [6.45, 7) is 1.28. The molecule has 0 spiro atoms. The summed E-state index contributed by atoms with van der Waals surface area (Å²) in [6.07, 6.45) is 10.6. The molecule has 0 saturated heterocycles. The van der Waals surface area contributed by atoms with Gasteiger partial charge in [0, 0.05) is 22.3 Å². The van der Waals surface area contributed by atoms with Gasteiger partial charge in [-0.05, 0) is 121 Å². The van der Waals surface area contributed by atoms with E-state index in [1.54, 1.807) is 0 Å². The number of ether oxygens (including phenoxy) is 2. The zero-order valence-corrected chi connectivity index (χ0v) is 29.0. The first kappa shape index (κ1) is 39.4. The summed E-state index contributed by atoms with van der Waals surface area (Å²) in [7, 11) is 0. The van der Waals surface area contributed by atoms with E-state index < -0.39 is 23.6 Å². The normalized spacial score (nSPS) is 10.9. The Bertz CT molecular complexity index is 1690. The zero-order chi connectivity index (χ0) is 37.7. The van der Waals surface area contributed by atoms with Gasteiger partial charge < -0.3 is 9.47 Å². The van der Waals surface area contributed by atoms with Gasteiger partial charge in [0.05, 0.1) is 25.6 Å². The Labute approximate surface area is 306 Å². The molecule has 14 nitrogen and oxygen atoms in total. The van der Waals surface area contributed by atoms with Crippen molar-refractivity contribution in [1.29, 1.82) is 0 Å². The Kier molecular flexibility index (Phi) is 16.2. The third-order valence-electron chi connectivity index (χ3n) is 7.87. The highest BCUT2D eigenvalue weighted by atomic mass is 16.5. The summed E-state index contributed by atoms with van der Waals surface area (Å²) >= 11 is 0. The molecule has 6 N–H and O–H groups in total. The van der Waals surface area contributed by atoms with Crippen molar-refractivity contribution in [2.24, 2.45) is 10.2 Å². The number of amides is 4. The standard InChI is InChI=1S/C39H42N6O8/c46-36(30-12-16-32(17-13-30)38(48)44-50)42-40-26-28-8-20-34(21-9-28)52-24-6-4-2-1-3-5-7-25-53-35-22-10-29(11-23-35)27-41-43-37(47)31-14-18-33(19-15-31)39(49)45-51/h8-23,26-27,50-51H,1-7,24-25H2,(H,42,46)(H,43,47)(H,44,48)(H,45,49). The molecule has 0 heterocycles. The van der Waals surface area contributed by atoms with Crippen LogP contribution in [0.3, 0.4) is 0 Å². The molecule has 0 aromatic heterocycles. The third kappa shape index (κ3) is 13.7. The topological polar surface area (TPSA) is 200 Å². The van der Waals surface area contributed by atoms with E-state index in [0.717, 1.165) is 67.6 Å². The maximum atomic E-state index is 12.2. The van der Waals surface area contributed by atoms with E-state index >= 15 is 0 Å².